The van der Waals surface area contributed by atoms with Gasteiger partial charge in [-0.05, 0) is 32.9 Å². The van der Waals surface area contributed by atoms with Gasteiger partial charge in [0.25, 0.3) is 5.91 Å². The maximum atomic E-state index is 14.9. The van der Waals surface area contributed by atoms with Crippen LogP contribution < -0.4 is 10.3 Å². The van der Waals surface area contributed by atoms with Crippen molar-refractivity contribution in [3.63, 3.8) is 0 Å². The molecular weight excluding hydrogens is 493 g/mol. The van der Waals surface area contributed by atoms with Crippen LogP contribution in [-0.4, -0.2) is 100 Å². The molecule has 2 atom stereocenters. The Labute approximate surface area is 212 Å². The van der Waals surface area contributed by atoms with E-state index in [0.29, 0.717) is 0 Å². The highest BCUT2D eigenvalue weighted by molar-refractivity contribution is 6.01. The molecule has 2 N–H and O–H groups in total. The molecular formula is C23H30FN5O8. The first kappa shape index (κ1) is 27.5. The summed E-state index contributed by atoms with van der Waals surface area (Å²) in [6.07, 6.45) is -4.00. The summed E-state index contributed by atoms with van der Waals surface area (Å²) in [6.45, 7) is 5.24. The van der Waals surface area contributed by atoms with E-state index < -0.39 is 54.3 Å². The van der Waals surface area contributed by atoms with Crippen LogP contribution in [0.25, 0.3) is 0 Å². The van der Waals surface area contributed by atoms with E-state index in [2.05, 4.69) is 5.32 Å². The number of para-hydroxylation sites is 1. The number of hydrogen-bond donors (Lipinski definition) is 2. The monoisotopic (exact) mass is 523 g/mol. The molecule has 2 saturated heterocycles. The molecule has 202 valence electrons. The highest BCUT2D eigenvalue weighted by Crippen LogP contribution is 2.28. The Morgan fingerprint density at radius 1 is 1.19 bits per heavy atom. The van der Waals surface area contributed by atoms with E-state index in [9.17, 15) is 33.5 Å². The number of carbonyl (C=O) groups is 5. The fourth-order valence-electron chi connectivity index (χ4n) is 3.87. The standard InChI is InChI=1S/C23H30FN5O8/c1-14(30)25-11-15-12-28(22(35)36-15)29(17-8-6-5-7-16(17)24)19(31)18-13-26(20(32)33)9-10-27(18)21(34)37-23(2,3)4/h5-8,15,18H,9-13H2,1-4H3,(H,25,30)(H,32,33)/t15-,18?/m0/s1. The lowest BCUT2D eigenvalue weighted by molar-refractivity contribution is -0.128. The first-order valence-electron chi connectivity index (χ1n) is 11.6. The normalized spacial score (nSPS) is 19.8. The minimum Gasteiger partial charge on any atom is -0.465 e. The molecule has 2 fully saturated rings. The molecule has 3 rings (SSSR count). The predicted molar refractivity (Wildman–Crippen MR) is 126 cm³/mol. The van der Waals surface area contributed by atoms with Crippen LogP contribution in [0.3, 0.4) is 0 Å². The summed E-state index contributed by atoms with van der Waals surface area (Å²) in [7, 11) is 0. The number of halogens is 1. The minimum atomic E-state index is -1.44. The number of hydrogen-bond acceptors (Lipinski definition) is 7. The molecule has 0 aliphatic carbocycles. The molecule has 0 radical (unpaired) electrons. The number of anilines is 1. The van der Waals surface area contributed by atoms with Crippen LogP contribution in [-0.2, 0) is 19.1 Å². The van der Waals surface area contributed by atoms with Crippen molar-refractivity contribution >= 4 is 35.8 Å². The number of carbonyl (C=O) groups excluding carboxylic acids is 4. The molecule has 2 heterocycles. The smallest absolute Gasteiger partial charge is 0.429 e. The SMILES string of the molecule is CC(=O)NC[C@H]1CN(N(C(=O)C2CN(C(=O)O)CCN2C(=O)OC(C)(C)C)c2ccccc2F)C(=O)O1. The van der Waals surface area contributed by atoms with Crippen molar-refractivity contribution < 1.29 is 42.9 Å². The van der Waals surface area contributed by atoms with Gasteiger partial charge in [0.1, 0.15) is 29.3 Å². The number of hydrazine groups is 1. The number of amides is 5. The van der Waals surface area contributed by atoms with Crippen LogP contribution in [0.4, 0.5) is 24.5 Å². The van der Waals surface area contributed by atoms with E-state index in [1.807, 2.05) is 0 Å². The number of benzene rings is 1. The Bertz CT molecular complexity index is 1080. The van der Waals surface area contributed by atoms with Gasteiger partial charge in [-0.2, -0.15) is 0 Å². The molecule has 14 heteroatoms. The maximum Gasteiger partial charge on any atom is 0.429 e. The summed E-state index contributed by atoms with van der Waals surface area (Å²) in [4.78, 5) is 64.7. The van der Waals surface area contributed by atoms with Gasteiger partial charge >= 0.3 is 18.3 Å². The van der Waals surface area contributed by atoms with E-state index >= 15 is 0 Å². The van der Waals surface area contributed by atoms with Crippen molar-refractivity contribution in [3.8, 4) is 0 Å². The third kappa shape index (κ3) is 6.57. The molecule has 1 aromatic carbocycles. The van der Waals surface area contributed by atoms with Crippen LogP contribution in [0.5, 0.6) is 0 Å². The number of ether oxygens (including phenoxy) is 2. The molecule has 0 spiro atoms. The first-order valence-corrected chi connectivity index (χ1v) is 11.6. The number of piperazine rings is 1. The van der Waals surface area contributed by atoms with Crippen LogP contribution in [0.15, 0.2) is 24.3 Å². The second-order valence-corrected chi connectivity index (χ2v) is 9.54. The van der Waals surface area contributed by atoms with Gasteiger partial charge in [0.15, 0.2) is 0 Å². The van der Waals surface area contributed by atoms with Gasteiger partial charge in [-0.25, -0.2) is 28.8 Å². The quantitative estimate of drug-likeness (QED) is 0.592. The zero-order valence-electron chi connectivity index (χ0n) is 21.0. The highest BCUT2D eigenvalue weighted by atomic mass is 19.1. The molecule has 2 aliphatic rings. The largest absolute Gasteiger partial charge is 0.465 e. The lowest BCUT2D eigenvalue weighted by Gasteiger charge is -2.42. The Morgan fingerprint density at radius 2 is 1.86 bits per heavy atom. The summed E-state index contributed by atoms with van der Waals surface area (Å²) in [6, 6.07) is 3.74. The number of nitrogens with one attached hydrogen (secondary N) is 1. The summed E-state index contributed by atoms with van der Waals surface area (Å²) in [5.74, 6) is -2.15. The number of carboxylic acid groups (broad SMARTS) is 1. The highest BCUT2D eigenvalue weighted by Gasteiger charge is 2.46. The van der Waals surface area contributed by atoms with Crippen molar-refractivity contribution in [2.75, 3.05) is 37.7 Å². The Kier molecular flexibility index (Phi) is 8.09. The van der Waals surface area contributed by atoms with E-state index in [1.165, 1.54) is 25.1 Å². The lowest BCUT2D eigenvalue weighted by atomic mass is 10.1. The van der Waals surface area contributed by atoms with E-state index in [-0.39, 0.29) is 37.8 Å². The van der Waals surface area contributed by atoms with Gasteiger partial charge in [0.2, 0.25) is 5.91 Å². The van der Waals surface area contributed by atoms with Crippen molar-refractivity contribution in [1.29, 1.82) is 0 Å². The first-order chi connectivity index (χ1) is 17.3. The van der Waals surface area contributed by atoms with Crippen molar-refractivity contribution in [2.45, 2.75) is 45.4 Å². The van der Waals surface area contributed by atoms with Crippen LogP contribution in [0, 0.1) is 5.82 Å². The average molecular weight is 524 g/mol. The Hall–Kier alpha value is -4.10. The van der Waals surface area contributed by atoms with E-state index in [1.54, 1.807) is 20.8 Å². The van der Waals surface area contributed by atoms with E-state index in [4.69, 9.17) is 9.47 Å². The van der Waals surface area contributed by atoms with Crippen LogP contribution in [0.1, 0.15) is 27.7 Å². The number of nitrogens with zero attached hydrogens (tertiary/aromatic N) is 4. The van der Waals surface area contributed by atoms with Gasteiger partial charge in [0.05, 0.1) is 19.6 Å². The third-order valence-corrected chi connectivity index (χ3v) is 5.53. The van der Waals surface area contributed by atoms with Gasteiger partial charge in [-0.3, -0.25) is 14.5 Å². The van der Waals surface area contributed by atoms with Crippen molar-refractivity contribution in [1.82, 2.24) is 20.1 Å². The van der Waals surface area contributed by atoms with Gasteiger partial charge in [-0.15, -0.1) is 0 Å². The third-order valence-electron chi connectivity index (χ3n) is 5.53. The summed E-state index contributed by atoms with van der Waals surface area (Å²) < 4.78 is 25.6. The fraction of sp³-hybridized carbons (Fsp3) is 0.522. The average Bonchev–Trinajstić information content (AvgIpc) is 3.17. The minimum absolute atomic E-state index is 0.0445. The molecule has 1 aromatic rings. The van der Waals surface area contributed by atoms with Gasteiger partial charge in [-0.1, -0.05) is 12.1 Å². The second kappa shape index (κ2) is 10.9. The van der Waals surface area contributed by atoms with Crippen molar-refractivity contribution in [2.24, 2.45) is 0 Å². The molecule has 37 heavy (non-hydrogen) atoms. The van der Waals surface area contributed by atoms with Crippen LogP contribution >= 0.6 is 0 Å². The second-order valence-electron chi connectivity index (χ2n) is 9.54. The Balaban J connectivity index is 2.00. The zero-order chi connectivity index (χ0) is 27.5. The molecule has 13 nitrogen and oxygen atoms in total. The maximum absolute atomic E-state index is 14.9. The topological polar surface area (TPSA) is 149 Å². The fourth-order valence-corrected chi connectivity index (χ4v) is 3.87. The molecule has 0 saturated carbocycles. The molecule has 2 aliphatic heterocycles. The zero-order valence-corrected chi connectivity index (χ0v) is 21.0. The van der Waals surface area contributed by atoms with Gasteiger partial charge < -0.3 is 24.8 Å². The molecule has 1 unspecified atom stereocenters. The van der Waals surface area contributed by atoms with E-state index in [0.717, 1.165) is 25.9 Å². The number of cyclic esters (lactones) is 1. The van der Waals surface area contributed by atoms with Crippen LogP contribution in [0.2, 0.25) is 0 Å². The molecule has 0 bridgehead atoms. The summed E-state index contributed by atoms with van der Waals surface area (Å²) in [5.41, 5.74) is -1.21. The predicted octanol–water partition coefficient (Wildman–Crippen LogP) is 1.63. The lowest BCUT2D eigenvalue weighted by Crippen LogP contribution is -2.64. The summed E-state index contributed by atoms with van der Waals surface area (Å²) in [5, 5.41) is 13.7. The molecule has 5 amide bonds. The number of rotatable bonds is 5. The van der Waals surface area contributed by atoms with Gasteiger partial charge in [0, 0.05) is 20.0 Å². The summed E-state index contributed by atoms with van der Waals surface area (Å²) >= 11 is 0. The molecule has 0 aromatic heterocycles. The van der Waals surface area contributed by atoms with Crippen molar-refractivity contribution in [3.05, 3.63) is 30.1 Å². The Morgan fingerprint density at radius 3 is 2.46 bits per heavy atom.